The van der Waals surface area contributed by atoms with E-state index in [1.54, 1.807) is 22.6 Å². The van der Waals surface area contributed by atoms with Crippen molar-refractivity contribution in [2.45, 2.75) is 56.2 Å². The van der Waals surface area contributed by atoms with Crippen molar-refractivity contribution in [1.29, 1.82) is 0 Å². The molecule has 1 fully saturated rings. The maximum atomic E-state index is 15.1. The average Bonchev–Trinajstić information content (AvgIpc) is 3.51. The van der Waals surface area contributed by atoms with Crippen LogP contribution < -0.4 is 10.1 Å². The van der Waals surface area contributed by atoms with Gasteiger partial charge in [-0.05, 0) is 42.7 Å². The molecule has 0 bridgehead atoms. The molecular formula is C28H31F4N5O4. The number of rotatable bonds is 8. The first-order valence-electron chi connectivity index (χ1n) is 13.3. The fourth-order valence-corrected chi connectivity index (χ4v) is 5.65. The largest absolute Gasteiger partial charge is 0.481 e. The predicted octanol–water partition coefficient (Wildman–Crippen LogP) is 3.58. The molecule has 1 amide bonds. The van der Waals surface area contributed by atoms with Crippen LogP contribution in [0.5, 0.6) is 5.88 Å². The molecule has 2 unspecified atom stereocenters. The van der Waals surface area contributed by atoms with E-state index in [9.17, 15) is 23.8 Å². The van der Waals surface area contributed by atoms with E-state index in [4.69, 9.17) is 4.74 Å². The quantitative estimate of drug-likeness (QED) is 0.351. The van der Waals surface area contributed by atoms with Crippen molar-refractivity contribution in [2.24, 2.45) is 0 Å². The molecule has 4 atom stereocenters. The van der Waals surface area contributed by atoms with Gasteiger partial charge < -0.3 is 24.8 Å². The van der Waals surface area contributed by atoms with Gasteiger partial charge in [-0.25, -0.2) is 27.5 Å². The molecule has 0 saturated carbocycles. The third-order valence-electron chi connectivity index (χ3n) is 7.92. The fraction of sp³-hybridized carbons (Fsp3) is 0.464. The lowest BCUT2D eigenvalue weighted by atomic mass is 9.86. The summed E-state index contributed by atoms with van der Waals surface area (Å²) in [5.74, 6) is -5.26. The van der Waals surface area contributed by atoms with Crippen LogP contribution in [0.15, 0.2) is 36.7 Å². The summed E-state index contributed by atoms with van der Waals surface area (Å²) in [4.78, 5) is 23.3. The topological polar surface area (TPSA) is 113 Å². The van der Waals surface area contributed by atoms with Gasteiger partial charge in [0.15, 0.2) is 5.82 Å². The number of imidazole rings is 1. The highest BCUT2D eigenvalue weighted by Gasteiger charge is 2.47. The van der Waals surface area contributed by atoms with Gasteiger partial charge in [0, 0.05) is 50.0 Å². The minimum atomic E-state index is -3.10. The monoisotopic (exact) mass is 577 g/mol. The number of aromatic nitrogens is 3. The number of likely N-dealkylation sites (tertiary alicyclic amines) is 1. The molecule has 3 aromatic rings. The van der Waals surface area contributed by atoms with Crippen LogP contribution in [0.25, 0.3) is 0 Å². The van der Waals surface area contributed by atoms with E-state index in [1.165, 1.54) is 31.5 Å². The number of piperidine rings is 1. The summed E-state index contributed by atoms with van der Waals surface area (Å²) in [6.45, 7) is 0.798. The van der Waals surface area contributed by atoms with E-state index in [0.29, 0.717) is 24.2 Å². The maximum Gasteiger partial charge on any atom is 0.257 e. The van der Waals surface area contributed by atoms with Crippen LogP contribution in [0, 0.1) is 11.6 Å². The number of nitrogens with zero attached hydrogens (tertiary/aromatic N) is 4. The Labute approximate surface area is 233 Å². The molecule has 13 heteroatoms. The van der Waals surface area contributed by atoms with Crippen molar-refractivity contribution >= 4 is 11.7 Å². The number of carbonyl (C=O) groups excluding carboxylic acids is 1. The molecule has 2 aliphatic heterocycles. The highest BCUT2D eigenvalue weighted by Crippen LogP contribution is 2.42. The molecular weight excluding hydrogens is 546 g/mol. The summed E-state index contributed by atoms with van der Waals surface area (Å²) in [7, 11) is 1.32. The minimum Gasteiger partial charge on any atom is -0.481 e. The Morgan fingerprint density at radius 3 is 2.63 bits per heavy atom. The molecule has 5 rings (SSSR count). The number of amides is 1. The van der Waals surface area contributed by atoms with Crippen molar-refractivity contribution in [2.75, 3.05) is 32.1 Å². The Balaban J connectivity index is 1.30. The summed E-state index contributed by atoms with van der Waals surface area (Å²) in [5.41, 5.74) is 0.715. The number of nitrogens with one attached hydrogen (secondary N) is 1. The van der Waals surface area contributed by atoms with Crippen molar-refractivity contribution in [3.63, 3.8) is 0 Å². The first kappa shape index (κ1) is 29.0. The van der Waals surface area contributed by atoms with Crippen LogP contribution in [0.4, 0.5) is 23.4 Å². The molecule has 4 heterocycles. The summed E-state index contributed by atoms with van der Waals surface area (Å²) < 4.78 is 64.6. The smallest absolute Gasteiger partial charge is 0.257 e. The lowest BCUT2D eigenvalue weighted by molar-refractivity contribution is -0.125. The number of methoxy groups -OCH3 is 1. The van der Waals surface area contributed by atoms with E-state index in [1.807, 2.05) is 0 Å². The summed E-state index contributed by atoms with van der Waals surface area (Å²) in [5, 5.41) is 22.3. The van der Waals surface area contributed by atoms with E-state index >= 15 is 8.78 Å². The van der Waals surface area contributed by atoms with Crippen molar-refractivity contribution < 1.29 is 37.3 Å². The molecule has 2 aliphatic rings. The summed E-state index contributed by atoms with van der Waals surface area (Å²) in [6.07, 6.45) is 2.18. The lowest BCUT2D eigenvalue weighted by Gasteiger charge is -2.40. The second-order valence-electron chi connectivity index (χ2n) is 10.5. The molecule has 9 nitrogen and oxygen atoms in total. The number of aliphatic hydroxyl groups excluding tert-OH is 2. The molecule has 0 spiro atoms. The molecule has 1 aromatic carbocycles. The van der Waals surface area contributed by atoms with Gasteiger partial charge in [-0.2, -0.15) is 0 Å². The Morgan fingerprint density at radius 1 is 1.22 bits per heavy atom. The molecule has 2 aromatic heterocycles. The molecule has 41 heavy (non-hydrogen) atoms. The van der Waals surface area contributed by atoms with Crippen LogP contribution in [-0.2, 0) is 11.2 Å². The van der Waals surface area contributed by atoms with E-state index < -0.39 is 54.6 Å². The standard InChI is InChI=1S/C28H31F4N5O4/c1-15(26(40)35-24-13-37-22(3-4-25(37)34-24)16-7-18(29)10-19(30)8-16)36-6-5-28(31,32)21(12-36)17-9-20(23(39)14-38)27(41-2)33-11-17/h7-11,13,15,21-23,38-39H,3-6,12,14H2,1-2H3,(H,35,40)/t15-,21?,22+,23?/m0/s1. The van der Waals surface area contributed by atoms with Crippen molar-refractivity contribution in [1.82, 2.24) is 19.4 Å². The van der Waals surface area contributed by atoms with Gasteiger partial charge >= 0.3 is 0 Å². The number of anilines is 1. The van der Waals surface area contributed by atoms with Crippen LogP contribution in [-0.4, -0.2) is 74.3 Å². The molecule has 220 valence electrons. The van der Waals surface area contributed by atoms with E-state index in [0.717, 1.165) is 6.07 Å². The average molecular weight is 578 g/mol. The number of aliphatic hydroxyl groups is 2. The Hall–Kier alpha value is -3.55. The van der Waals surface area contributed by atoms with Crippen LogP contribution in [0.2, 0.25) is 0 Å². The van der Waals surface area contributed by atoms with Crippen LogP contribution >= 0.6 is 0 Å². The minimum absolute atomic E-state index is 0.0239. The van der Waals surface area contributed by atoms with E-state index in [2.05, 4.69) is 15.3 Å². The maximum absolute atomic E-state index is 15.1. The Kier molecular flexibility index (Phi) is 8.04. The number of benzene rings is 1. The number of alkyl halides is 2. The number of hydrogen-bond donors (Lipinski definition) is 3. The fourth-order valence-electron chi connectivity index (χ4n) is 5.65. The zero-order chi connectivity index (χ0) is 29.5. The van der Waals surface area contributed by atoms with Crippen LogP contribution in [0.3, 0.4) is 0 Å². The van der Waals surface area contributed by atoms with Gasteiger partial charge in [0.1, 0.15) is 23.6 Å². The Bertz CT molecular complexity index is 1410. The van der Waals surface area contributed by atoms with Crippen molar-refractivity contribution in [3.05, 3.63) is 70.8 Å². The number of pyridine rings is 1. The number of ether oxygens (including phenoxy) is 1. The number of fused-ring (bicyclic) bond motifs is 1. The zero-order valence-corrected chi connectivity index (χ0v) is 22.5. The third kappa shape index (κ3) is 5.79. The first-order valence-corrected chi connectivity index (χ1v) is 13.3. The first-order chi connectivity index (χ1) is 19.5. The van der Waals surface area contributed by atoms with E-state index in [-0.39, 0.29) is 42.0 Å². The van der Waals surface area contributed by atoms with Gasteiger partial charge in [-0.3, -0.25) is 9.69 Å². The van der Waals surface area contributed by atoms with Gasteiger partial charge in [-0.15, -0.1) is 0 Å². The number of hydrogen-bond acceptors (Lipinski definition) is 7. The molecule has 0 radical (unpaired) electrons. The summed E-state index contributed by atoms with van der Waals surface area (Å²) >= 11 is 0. The van der Waals surface area contributed by atoms with Crippen molar-refractivity contribution in [3.8, 4) is 5.88 Å². The number of carbonyl (C=O) groups is 1. The number of aryl methyl sites for hydroxylation is 1. The molecule has 3 N–H and O–H groups in total. The third-order valence-corrected chi connectivity index (χ3v) is 7.92. The molecule has 0 aliphatic carbocycles. The normalized spacial score (nSPS) is 21.8. The second kappa shape index (κ2) is 11.4. The van der Waals surface area contributed by atoms with Gasteiger partial charge in [0.25, 0.3) is 5.92 Å². The summed E-state index contributed by atoms with van der Waals surface area (Å²) in [6, 6.07) is 3.60. The molecule has 1 saturated heterocycles. The van der Waals surface area contributed by atoms with Gasteiger partial charge in [0.05, 0.1) is 31.7 Å². The second-order valence-corrected chi connectivity index (χ2v) is 10.5. The predicted molar refractivity (Wildman–Crippen MR) is 140 cm³/mol. The zero-order valence-electron chi connectivity index (χ0n) is 22.5. The van der Waals surface area contributed by atoms with Gasteiger partial charge in [0.2, 0.25) is 11.8 Å². The highest BCUT2D eigenvalue weighted by atomic mass is 19.3. The number of halogens is 4. The Morgan fingerprint density at radius 2 is 1.95 bits per heavy atom. The lowest BCUT2D eigenvalue weighted by Crippen LogP contribution is -2.52. The van der Waals surface area contributed by atoms with Gasteiger partial charge in [-0.1, -0.05) is 0 Å². The SMILES string of the molecule is COc1ncc(C2CN([C@@H](C)C(=O)Nc3cn4c(n3)CC[C@@H]4c3cc(F)cc(F)c3)CCC2(F)F)cc1C(O)CO. The van der Waals surface area contributed by atoms with Crippen LogP contribution in [0.1, 0.15) is 60.3 Å². The highest BCUT2D eigenvalue weighted by molar-refractivity contribution is 5.93.